The number of fused-ring (bicyclic) bond motifs is 2. The second-order valence-corrected chi connectivity index (χ2v) is 8.73. The monoisotopic (exact) mass is 507 g/mol. The molecule has 5 nitrogen and oxygen atoms in total. The predicted molar refractivity (Wildman–Crippen MR) is 124 cm³/mol. The van der Waals surface area contributed by atoms with Gasteiger partial charge in [-0.25, -0.2) is 9.78 Å². The van der Waals surface area contributed by atoms with Crippen LogP contribution in [0.3, 0.4) is 0 Å². The lowest BCUT2D eigenvalue weighted by Gasteiger charge is -2.36. The molecule has 0 radical (unpaired) electrons. The van der Waals surface area contributed by atoms with E-state index in [9.17, 15) is 4.79 Å². The number of hydrogen-bond donors (Lipinski definition) is 1. The number of halogens is 3. The number of carbonyl (C=O) groups is 1. The van der Waals surface area contributed by atoms with Crippen molar-refractivity contribution in [3.8, 4) is 0 Å². The maximum Gasteiger partial charge on any atom is 0.358 e. The Kier molecular flexibility index (Phi) is 5.84. The minimum Gasteiger partial charge on any atom is -0.461 e. The van der Waals surface area contributed by atoms with Crippen LogP contribution in [0.4, 0.5) is 5.69 Å². The van der Waals surface area contributed by atoms with Crippen LogP contribution in [0, 0.1) is 5.92 Å². The molecule has 8 heteroatoms. The standard InChI is InChI=1S/C22H20BrCl2N3O2/c1-4-30-21(29)19-20-18(26-14-7-5-6-13(24)10-14)15-8-9-16(25)11(2)17(15)12(3)28(20)22(23)27-19/h5-11,18,26H,4H2,1-3H3. The van der Waals surface area contributed by atoms with E-state index in [0.717, 1.165) is 27.6 Å². The number of carbonyl (C=O) groups excluding carboxylic acids is 1. The fourth-order valence-corrected chi connectivity index (χ4v) is 5.06. The van der Waals surface area contributed by atoms with E-state index in [1.54, 1.807) is 6.92 Å². The molecule has 2 heterocycles. The lowest BCUT2D eigenvalue weighted by Crippen LogP contribution is -2.29. The molecule has 1 aromatic heterocycles. The average molecular weight is 509 g/mol. The zero-order valence-corrected chi connectivity index (χ0v) is 19.8. The number of anilines is 1. The SMILES string of the molecule is CCOC(=O)c1nc(Br)n2c1C(Nc1cccc(Cl)c1)C1=CC=C(Cl)C(C)C1=C2C. The van der Waals surface area contributed by atoms with Crippen LogP contribution in [0.2, 0.25) is 5.02 Å². The Hall–Kier alpha value is -2.02. The summed E-state index contributed by atoms with van der Waals surface area (Å²) in [5.41, 5.74) is 4.92. The van der Waals surface area contributed by atoms with E-state index in [4.69, 9.17) is 27.9 Å². The Morgan fingerprint density at radius 1 is 1.33 bits per heavy atom. The summed E-state index contributed by atoms with van der Waals surface area (Å²) >= 11 is 16.2. The van der Waals surface area contributed by atoms with Gasteiger partial charge in [-0.05, 0) is 65.2 Å². The first kappa shape index (κ1) is 21.2. The Balaban J connectivity index is 1.95. The molecule has 2 unspecified atom stereocenters. The highest BCUT2D eigenvalue weighted by Gasteiger charge is 2.39. The van der Waals surface area contributed by atoms with E-state index in [-0.39, 0.29) is 24.3 Å². The zero-order valence-electron chi connectivity index (χ0n) is 16.7. The summed E-state index contributed by atoms with van der Waals surface area (Å²) in [6, 6.07) is 7.14. The molecule has 1 N–H and O–H groups in total. The Morgan fingerprint density at radius 3 is 2.80 bits per heavy atom. The Morgan fingerprint density at radius 2 is 2.10 bits per heavy atom. The van der Waals surface area contributed by atoms with Gasteiger partial charge in [-0.15, -0.1) is 0 Å². The van der Waals surface area contributed by atoms with Crippen LogP contribution in [0.25, 0.3) is 5.70 Å². The number of imidazole rings is 1. The van der Waals surface area contributed by atoms with E-state index in [1.807, 2.05) is 47.9 Å². The number of esters is 1. The van der Waals surface area contributed by atoms with Crippen molar-refractivity contribution in [3.05, 3.63) is 73.7 Å². The van der Waals surface area contributed by atoms with E-state index in [1.165, 1.54) is 0 Å². The van der Waals surface area contributed by atoms with Crippen molar-refractivity contribution in [2.45, 2.75) is 26.8 Å². The molecule has 2 aliphatic rings. The fourth-order valence-electron chi connectivity index (χ4n) is 4.06. The van der Waals surface area contributed by atoms with Gasteiger partial charge in [-0.2, -0.15) is 0 Å². The van der Waals surface area contributed by atoms with Gasteiger partial charge in [0.05, 0.1) is 18.3 Å². The van der Waals surface area contributed by atoms with Gasteiger partial charge in [0.2, 0.25) is 0 Å². The van der Waals surface area contributed by atoms with Crippen molar-refractivity contribution in [2.24, 2.45) is 5.92 Å². The number of rotatable bonds is 4. The zero-order chi connectivity index (χ0) is 21.6. The molecular formula is C22H20BrCl2N3O2. The molecule has 30 heavy (non-hydrogen) atoms. The maximum atomic E-state index is 12.7. The van der Waals surface area contributed by atoms with Crippen LogP contribution in [0.1, 0.15) is 43.0 Å². The molecule has 1 aromatic carbocycles. The first-order chi connectivity index (χ1) is 14.3. The van der Waals surface area contributed by atoms with E-state index < -0.39 is 5.97 Å². The number of ether oxygens (including phenoxy) is 1. The third-order valence-corrected chi connectivity index (χ3v) is 6.59. The highest BCUT2D eigenvalue weighted by atomic mass is 79.9. The molecule has 1 aliphatic carbocycles. The highest BCUT2D eigenvalue weighted by Crippen LogP contribution is 2.48. The predicted octanol–water partition coefficient (Wildman–Crippen LogP) is 6.57. The van der Waals surface area contributed by atoms with Gasteiger partial charge in [-0.1, -0.05) is 42.3 Å². The molecule has 0 bridgehead atoms. The van der Waals surface area contributed by atoms with Gasteiger partial charge in [0.25, 0.3) is 0 Å². The second kappa shape index (κ2) is 8.25. The van der Waals surface area contributed by atoms with Crippen LogP contribution in [0.15, 0.2) is 57.3 Å². The maximum absolute atomic E-state index is 12.7. The topological polar surface area (TPSA) is 56.1 Å². The molecule has 0 spiro atoms. The van der Waals surface area contributed by atoms with E-state index in [2.05, 4.69) is 33.2 Å². The third kappa shape index (κ3) is 3.51. The van der Waals surface area contributed by atoms with Crippen LogP contribution >= 0.6 is 39.1 Å². The van der Waals surface area contributed by atoms with Gasteiger partial charge in [0, 0.05) is 27.4 Å². The van der Waals surface area contributed by atoms with Crippen molar-refractivity contribution in [1.82, 2.24) is 9.55 Å². The second-order valence-electron chi connectivity index (χ2n) is 7.15. The average Bonchev–Trinajstić information content (AvgIpc) is 3.05. The van der Waals surface area contributed by atoms with Gasteiger partial charge in [0.1, 0.15) is 0 Å². The smallest absolute Gasteiger partial charge is 0.358 e. The lowest BCUT2D eigenvalue weighted by molar-refractivity contribution is 0.0518. The normalized spacial score (nSPS) is 20.2. The van der Waals surface area contributed by atoms with Gasteiger partial charge < -0.3 is 10.1 Å². The minimum absolute atomic E-state index is 0.0174. The van der Waals surface area contributed by atoms with Crippen molar-refractivity contribution in [2.75, 3.05) is 11.9 Å². The molecule has 4 rings (SSSR count). The molecule has 1 aliphatic heterocycles. The van der Waals surface area contributed by atoms with Crippen molar-refractivity contribution in [3.63, 3.8) is 0 Å². The van der Waals surface area contributed by atoms with Crippen LogP contribution < -0.4 is 5.32 Å². The number of nitrogens with zero attached hydrogens (tertiary/aromatic N) is 2. The van der Waals surface area contributed by atoms with Crippen molar-refractivity contribution < 1.29 is 9.53 Å². The molecule has 0 amide bonds. The molecule has 0 saturated heterocycles. The van der Waals surface area contributed by atoms with E-state index in [0.29, 0.717) is 15.5 Å². The first-order valence-electron chi connectivity index (χ1n) is 9.59. The number of hydrogen-bond acceptors (Lipinski definition) is 4. The molecule has 0 fully saturated rings. The van der Waals surface area contributed by atoms with Crippen LogP contribution in [-0.2, 0) is 4.74 Å². The summed E-state index contributed by atoms with van der Waals surface area (Å²) in [4.78, 5) is 17.2. The van der Waals surface area contributed by atoms with Gasteiger partial charge in [-0.3, -0.25) is 4.57 Å². The summed E-state index contributed by atoms with van der Waals surface area (Å²) in [7, 11) is 0. The Bertz CT molecular complexity index is 1130. The first-order valence-corrected chi connectivity index (χ1v) is 11.1. The molecule has 2 aromatic rings. The summed E-state index contributed by atoms with van der Waals surface area (Å²) in [5, 5.41) is 4.92. The fraction of sp³-hybridized carbons (Fsp3) is 0.273. The molecule has 0 saturated carbocycles. The number of aromatic nitrogens is 2. The molecule has 2 atom stereocenters. The van der Waals surface area contributed by atoms with Crippen LogP contribution in [-0.4, -0.2) is 22.1 Å². The quantitative estimate of drug-likeness (QED) is 0.474. The van der Waals surface area contributed by atoms with Gasteiger partial charge in [0.15, 0.2) is 10.4 Å². The molecule has 156 valence electrons. The highest BCUT2D eigenvalue weighted by molar-refractivity contribution is 9.10. The summed E-state index contributed by atoms with van der Waals surface area (Å²) in [6.45, 7) is 6.13. The van der Waals surface area contributed by atoms with Crippen LogP contribution in [0.5, 0.6) is 0 Å². The summed E-state index contributed by atoms with van der Waals surface area (Å²) in [6.07, 6.45) is 3.92. The number of benzene rings is 1. The van der Waals surface area contributed by atoms with Gasteiger partial charge >= 0.3 is 5.97 Å². The third-order valence-electron chi connectivity index (χ3n) is 5.37. The lowest BCUT2D eigenvalue weighted by atomic mass is 9.80. The van der Waals surface area contributed by atoms with Crippen molar-refractivity contribution >= 4 is 56.5 Å². The number of nitrogens with one attached hydrogen (secondary N) is 1. The summed E-state index contributed by atoms with van der Waals surface area (Å²) < 4.78 is 7.77. The largest absolute Gasteiger partial charge is 0.461 e. The molecular weight excluding hydrogens is 489 g/mol. The minimum atomic E-state index is -0.459. The Labute approximate surface area is 193 Å². The van der Waals surface area contributed by atoms with Crippen molar-refractivity contribution in [1.29, 1.82) is 0 Å². The summed E-state index contributed by atoms with van der Waals surface area (Å²) in [5.74, 6) is -0.442. The van der Waals surface area contributed by atoms with E-state index >= 15 is 0 Å². The number of allylic oxidation sites excluding steroid dienone is 4.